The van der Waals surface area contributed by atoms with E-state index in [2.05, 4.69) is 0 Å². The predicted octanol–water partition coefficient (Wildman–Crippen LogP) is 4.88. The number of benzene rings is 1. The van der Waals surface area contributed by atoms with Gasteiger partial charge in [0.2, 0.25) is 5.78 Å². The number of hydrogen-bond donors (Lipinski definition) is 0. The van der Waals surface area contributed by atoms with Crippen LogP contribution >= 0.6 is 11.3 Å². The smallest absolute Gasteiger partial charge is 0.341 e. The fraction of sp³-hybridized carbons (Fsp3) is 0.182. The monoisotopic (exact) mass is 393 g/mol. The van der Waals surface area contributed by atoms with Gasteiger partial charge in [-0.25, -0.2) is 4.79 Å². The van der Waals surface area contributed by atoms with Crippen LogP contribution in [0.4, 0.5) is 0 Å². The first-order valence-electron chi connectivity index (χ1n) is 8.94. The standard InChI is InChI=1S/C22H19NO4S/c1-4-27-22(25)16-15-12-13(2)10-11-23(15)17-19(26-3)21(28-20(16)17)18(24)14-8-6-5-7-9-14/h5-12H,4H2,1-3H3. The maximum atomic E-state index is 13.1. The molecular formula is C22H19NO4S. The number of methoxy groups -OCH3 is 1. The Balaban J connectivity index is 2.04. The maximum Gasteiger partial charge on any atom is 0.341 e. The number of ether oxygens (including phenoxy) is 2. The van der Waals surface area contributed by atoms with E-state index in [1.54, 1.807) is 26.2 Å². The summed E-state index contributed by atoms with van der Waals surface area (Å²) in [6.45, 7) is 4.03. The van der Waals surface area contributed by atoms with Crippen molar-refractivity contribution in [2.24, 2.45) is 0 Å². The largest absolute Gasteiger partial charge is 0.493 e. The molecule has 0 atom stereocenters. The number of esters is 1. The van der Waals surface area contributed by atoms with Gasteiger partial charge in [0.25, 0.3) is 0 Å². The maximum absolute atomic E-state index is 13.1. The molecule has 0 radical (unpaired) electrons. The Morgan fingerprint density at radius 2 is 1.89 bits per heavy atom. The highest BCUT2D eigenvalue weighted by atomic mass is 32.1. The van der Waals surface area contributed by atoms with Crippen LogP contribution in [0.25, 0.3) is 15.7 Å². The lowest BCUT2D eigenvalue weighted by molar-refractivity contribution is 0.0531. The minimum atomic E-state index is -0.400. The van der Waals surface area contributed by atoms with Gasteiger partial charge in [0.1, 0.15) is 16.0 Å². The summed E-state index contributed by atoms with van der Waals surface area (Å²) >= 11 is 1.27. The van der Waals surface area contributed by atoms with Gasteiger partial charge in [0, 0.05) is 11.8 Å². The number of aryl methyl sites for hydroxylation is 1. The molecule has 1 aromatic carbocycles. The third-order valence-corrected chi connectivity index (χ3v) is 5.78. The van der Waals surface area contributed by atoms with Crippen molar-refractivity contribution in [3.05, 3.63) is 70.2 Å². The zero-order valence-corrected chi connectivity index (χ0v) is 16.6. The van der Waals surface area contributed by atoms with Crippen molar-refractivity contribution >= 4 is 38.8 Å². The zero-order valence-electron chi connectivity index (χ0n) is 15.8. The molecule has 4 rings (SSSR count). The molecule has 28 heavy (non-hydrogen) atoms. The third kappa shape index (κ3) is 2.77. The molecule has 0 spiro atoms. The van der Waals surface area contributed by atoms with Gasteiger partial charge in [-0.05, 0) is 31.5 Å². The number of ketones is 1. The number of hydrogen-bond acceptors (Lipinski definition) is 5. The van der Waals surface area contributed by atoms with Crippen LogP contribution in [0.5, 0.6) is 5.75 Å². The van der Waals surface area contributed by atoms with Crippen molar-refractivity contribution in [2.45, 2.75) is 13.8 Å². The summed E-state index contributed by atoms with van der Waals surface area (Å²) in [4.78, 5) is 26.3. The van der Waals surface area contributed by atoms with Crippen molar-refractivity contribution in [1.82, 2.24) is 4.40 Å². The number of fused-ring (bicyclic) bond motifs is 3. The summed E-state index contributed by atoms with van der Waals surface area (Å²) in [5.41, 5.74) is 3.53. The van der Waals surface area contributed by atoms with E-state index < -0.39 is 5.97 Å². The quantitative estimate of drug-likeness (QED) is 0.358. The van der Waals surface area contributed by atoms with Crippen LogP contribution < -0.4 is 4.74 Å². The molecule has 0 saturated carbocycles. The highest BCUT2D eigenvalue weighted by Crippen LogP contribution is 2.43. The predicted molar refractivity (Wildman–Crippen MR) is 110 cm³/mol. The van der Waals surface area contributed by atoms with Gasteiger partial charge in [0.15, 0.2) is 5.75 Å². The molecule has 0 bridgehead atoms. The molecule has 0 saturated heterocycles. The third-order valence-electron chi connectivity index (χ3n) is 4.60. The molecule has 4 aromatic rings. The number of aromatic nitrogens is 1. The molecule has 3 heterocycles. The van der Waals surface area contributed by atoms with Crippen molar-refractivity contribution in [3.8, 4) is 5.75 Å². The number of rotatable bonds is 5. The van der Waals surface area contributed by atoms with Crippen LogP contribution in [0.2, 0.25) is 0 Å². The van der Waals surface area contributed by atoms with E-state index in [1.807, 2.05) is 47.9 Å². The Kier molecular flexibility index (Phi) is 4.65. The lowest BCUT2D eigenvalue weighted by Crippen LogP contribution is -2.04. The molecule has 0 aliphatic rings. The van der Waals surface area contributed by atoms with E-state index in [9.17, 15) is 9.59 Å². The summed E-state index contributed by atoms with van der Waals surface area (Å²) in [6.07, 6.45) is 1.89. The molecule has 142 valence electrons. The second-order valence-electron chi connectivity index (χ2n) is 6.39. The number of pyridine rings is 1. The van der Waals surface area contributed by atoms with Crippen LogP contribution in [-0.2, 0) is 4.74 Å². The van der Waals surface area contributed by atoms with Crippen molar-refractivity contribution in [2.75, 3.05) is 13.7 Å². The molecule has 0 amide bonds. The molecule has 0 N–H and O–H groups in total. The van der Waals surface area contributed by atoms with Crippen LogP contribution in [0, 0.1) is 6.92 Å². The van der Waals surface area contributed by atoms with Crippen molar-refractivity contribution in [3.63, 3.8) is 0 Å². The Hall–Kier alpha value is -3.12. The topological polar surface area (TPSA) is 57.0 Å². The zero-order chi connectivity index (χ0) is 19.8. The fourth-order valence-electron chi connectivity index (χ4n) is 3.37. The van der Waals surface area contributed by atoms with Crippen molar-refractivity contribution in [1.29, 1.82) is 0 Å². The Morgan fingerprint density at radius 3 is 2.57 bits per heavy atom. The second-order valence-corrected chi connectivity index (χ2v) is 7.41. The highest BCUT2D eigenvalue weighted by molar-refractivity contribution is 7.22. The van der Waals surface area contributed by atoms with E-state index in [0.717, 1.165) is 11.1 Å². The molecule has 6 heteroatoms. The summed E-state index contributed by atoms with van der Waals surface area (Å²) in [5, 5.41) is 0. The normalized spacial score (nSPS) is 11.1. The lowest BCUT2D eigenvalue weighted by atomic mass is 10.1. The van der Waals surface area contributed by atoms with Crippen LogP contribution in [0.15, 0.2) is 48.7 Å². The van der Waals surface area contributed by atoms with Gasteiger partial charge < -0.3 is 13.9 Å². The Labute approximate surface area is 166 Å². The first kappa shape index (κ1) is 18.3. The SMILES string of the molecule is CCOC(=O)c1c2sc(C(=O)c3ccccc3)c(OC)c2n2ccc(C)cc12. The van der Waals surface area contributed by atoms with E-state index in [-0.39, 0.29) is 12.4 Å². The van der Waals surface area contributed by atoms with Gasteiger partial charge in [-0.1, -0.05) is 30.3 Å². The minimum Gasteiger partial charge on any atom is -0.493 e. The minimum absolute atomic E-state index is 0.130. The molecule has 0 unspecified atom stereocenters. The average Bonchev–Trinajstić information content (AvgIpc) is 3.21. The summed E-state index contributed by atoms with van der Waals surface area (Å²) in [7, 11) is 1.54. The summed E-state index contributed by atoms with van der Waals surface area (Å²) in [6, 6.07) is 13.0. The van der Waals surface area contributed by atoms with Gasteiger partial charge in [-0.2, -0.15) is 0 Å². The Bertz CT molecular complexity index is 1200. The molecular weight excluding hydrogens is 374 g/mol. The lowest BCUT2D eigenvalue weighted by Gasteiger charge is -2.06. The van der Waals surface area contributed by atoms with E-state index >= 15 is 0 Å². The van der Waals surface area contributed by atoms with E-state index in [0.29, 0.717) is 32.0 Å². The van der Waals surface area contributed by atoms with Gasteiger partial charge in [-0.15, -0.1) is 11.3 Å². The Morgan fingerprint density at radius 1 is 1.14 bits per heavy atom. The van der Waals surface area contributed by atoms with Gasteiger partial charge in [0.05, 0.1) is 23.9 Å². The van der Waals surface area contributed by atoms with Crippen LogP contribution in [-0.4, -0.2) is 29.9 Å². The first-order chi connectivity index (χ1) is 13.6. The second kappa shape index (κ2) is 7.13. The first-order valence-corrected chi connectivity index (χ1v) is 9.76. The van der Waals surface area contributed by atoms with Gasteiger partial charge >= 0.3 is 5.97 Å². The fourth-order valence-corrected chi connectivity index (χ4v) is 4.63. The van der Waals surface area contributed by atoms with E-state index in [1.165, 1.54) is 11.3 Å². The van der Waals surface area contributed by atoms with Crippen LogP contribution in [0.1, 0.15) is 38.1 Å². The number of thiophene rings is 1. The molecule has 0 aliphatic heterocycles. The molecule has 3 aromatic heterocycles. The summed E-state index contributed by atoms with van der Waals surface area (Å²) < 4.78 is 13.5. The molecule has 0 aliphatic carbocycles. The number of carbonyl (C=O) groups excluding carboxylic acids is 2. The van der Waals surface area contributed by atoms with Gasteiger partial charge in [-0.3, -0.25) is 4.79 Å². The molecule has 5 nitrogen and oxygen atoms in total. The number of nitrogens with zero attached hydrogens (tertiary/aromatic N) is 1. The number of carbonyl (C=O) groups is 2. The summed E-state index contributed by atoms with van der Waals surface area (Å²) in [5.74, 6) is -0.0548. The van der Waals surface area contributed by atoms with Crippen LogP contribution in [0.3, 0.4) is 0 Å². The highest BCUT2D eigenvalue weighted by Gasteiger charge is 2.29. The molecule has 0 fully saturated rings. The van der Waals surface area contributed by atoms with E-state index in [4.69, 9.17) is 9.47 Å². The average molecular weight is 393 g/mol. The van der Waals surface area contributed by atoms with Crippen molar-refractivity contribution < 1.29 is 19.1 Å².